The summed E-state index contributed by atoms with van der Waals surface area (Å²) >= 11 is 1.54. The average molecular weight is 462 g/mol. The highest BCUT2D eigenvalue weighted by Crippen LogP contribution is 2.40. The molecule has 0 aliphatic heterocycles. The number of esters is 1. The van der Waals surface area contributed by atoms with Gasteiger partial charge in [-0.05, 0) is 48.3 Å². The number of amides is 1. The number of thiophene rings is 1. The Hall–Kier alpha value is -2.92. The highest BCUT2D eigenvalue weighted by molar-refractivity contribution is 7.17. The van der Waals surface area contributed by atoms with E-state index in [1.807, 2.05) is 43.3 Å². The smallest absolute Gasteiger partial charge is 0.341 e. The quantitative estimate of drug-likeness (QED) is 0.385. The Labute approximate surface area is 200 Å². The van der Waals surface area contributed by atoms with Gasteiger partial charge in [0.15, 0.2) is 0 Å². The van der Waals surface area contributed by atoms with Gasteiger partial charge in [0.25, 0.3) is 0 Å². The minimum atomic E-state index is -0.318. The molecule has 0 saturated heterocycles. The van der Waals surface area contributed by atoms with Gasteiger partial charge in [0.1, 0.15) is 5.00 Å². The van der Waals surface area contributed by atoms with Gasteiger partial charge in [0.2, 0.25) is 5.91 Å². The summed E-state index contributed by atoms with van der Waals surface area (Å²) in [6, 6.07) is 20.2. The van der Waals surface area contributed by atoms with Crippen molar-refractivity contribution >= 4 is 28.2 Å². The van der Waals surface area contributed by atoms with Crippen LogP contribution in [0.1, 0.15) is 71.0 Å². The van der Waals surface area contributed by atoms with E-state index in [2.05, 4.69) is 36.5 Å². The fraction of sp³-hybridized carbons (Fsp3) is 0.357. The van der Waals surface area contributed by atoms with Crippen molar-refractivity contribution in [1.29, 1.82) is 0 Å². The van der Waals surface area contributed by atoms with E-state index in [1.165, 1.54) is 4.88 Å². The third-order valence-corrected chi connectivity index (χ3v) is 7.37. The predicted octanol–water partition coefficient (Wildman–Crippen LogP) is 6.60. The first-order valence-corrected chi connectivity index (χ1v) is 12.6. The first-order valence-electron chi connectivity index (χ1n) is 11.8. The number of ether oxygens (including phenoxy) is 1. The van der Waals surface area contributed by atoms with Crippen molar-refractivity contribution in [2.24, 2.45) is 5.92 Å². The zero-order valence-corrected chi connectivity index (χ0v) is 20.1. The van der Waals surface area contributed by atoms with Crippen LogP contribution in [-0.2, 0) is 22.4 Å². The predicted molar refractivity (Wildman–Crippen MR) is 134 cm³/mol. The van der Waals surface area contributed by atoms with Crippen LogP contribution in [0.25, 0.3) is 0 Å². The lowest BCUT2D eigenvalue weighted by molar-refractivity contribution is -0.116. The van der Waals surface area contributed by atoms with Gasteiger partial charge in [-0.15, -0.1) is 11.3 Å². The molecular weight excluding hydrogens is 430 g/mol. The molecule has 0 fully saturated rings. The van der Waals surface area contributed by atoms with E-state index in [0.717, 1.165) is 42.4 Å². The second kappa shape index (κ2) is 10.8. The average Bonchev–Trinajstić information content (AvgIpc) is 3.18. The number of benzene rings is 2. The van der Waals surface area contributed by atoms with Crippen LogP contribution in [0, 0.1) is 5.92 Å². The topological polar surface area (TPSA) is 55.4 Å². The van der Waals surface area contributed by atoms with Crippen LogP contribution in [0.3, 0.4) is 0 Å². The summed E-state index contributed by atoms with van der Waals surface area (Å²) in [5.74, 6) is 0.114. The molecule has 3 aromatic rings. The molecule has 1 aromatic heterocycles. The summed E-state index contributed by atoms with van der Waals surface area (Å²) < 4.78 is 5.49. The van der Waals surface area contributed by atoms with E-state index < -0.39 is 0 Å². The molecule has 1 aliphatic carbocycles. The molecule has 0 bridgehead atoms. The van der Waals surface area contributed by atoms with Crippen LogP contribution < -0.4 is 5.32 Å². The second-order valence-corrected chi connectivity index (χ2v) is 9.92. The van der Waals surface area contributed by atoms with Crippen molar-refractivity contribution in [2.75, 3.05) is 11.9 Å². The van der Waals surface area contributed by atoms with Crippen molar-refractivity contribution in [3.63, 3.8) is 0 Å². The molecule has 1 atom stereocenters. The van der Waals surface area contributed by atoms with Gasteiger partial charge in [-0.25, -0.2) is 4.79 Å². The highest BCUT2D eigenvalue weighted by Gasteiger charge is 2.29. The van der Waals surface area contributed by atoms with Gasteiger partial charge in [-0.2, -0.15) is 0 Å². The third-order valence-electron chi connectivity index (χ3n) is 6.20. The first-order chi connectivity index (χ1) is 16.1. The van der Waals surface area contributed by atoms with Gasteiger partial charge in [-0.1, -0.05) is 74.5 Å². The Morgan fingerprint density at radius 2 is 1.70 bits per heavy atom. The van der Waals surface area contributed by atoms with Crippen LogP contribution in [-0.4, -0.2) is 18.5 Å². The van der Waals surface area contributed by atoms with E-state index in [4.69, 9.17) is 4.74 Å². The molecular formula is C28H31NO3S. The molecule has 1 aliphatic rings. The zero-order chi connectivity index (χ0) is 23.2. The zero-order valence-electron chi connectivity index (χ0n) is 19.3. The van der Waals surface area contributed by atoms with Gasteiger partial charge in [0.05, 0.1) is 12.2 Å². The summed E-state index contributed by atoms with van der Waals surface area (Å²) in [6.07, 6.45) is 3.93. The minimum absolute atomic E-state index is 0.0579. The molecule has 4 rings (SSSR count). The number of fused-ring (bicyclic) bond motifs is 1. The van der Waals surface area contributed by atoms with Gasteiger partial charge >= 0.3 is 5.97 Å². The lowest BCUT2D eigenvalue weighted by Gasteiger charge is -2.18. The number of carbonyl (C=O) groups is 2. The van der Waals surface area contributed by atoms with Crippen LogP contribution in [0.4, 0.5) is 5.00 Å². The standard InChI is InChI=1S/C28H31NO3S/c1-3-16-32-28(31)26-22-15-14-19(2)17-24(22)33-27(26)29-25(30)18-23(20-10-6-4-7-11-20)21-12-8-5-9-13-21/h4-13,19,23H,3,14-18H2,1-2H3,(H,29,30). The molecule has 1 heterocycles. The van der Waals surface area contributed by atoms with Crippen molar-refractivity contribution in [2.45, 2.75) is 51.9 Å². The molecule has 0 saturated carbocycles. The van der Waals surface area contributed by atoms with Crippen LogP contribution in [0.2, 0.25) is 0 Å². The van der Waals surface area contributed by atoms with E-state index in [1.54, 1.807) is 11.3 Å². The molecule has 2 aromatic carbocycles. The molecule has 0 radical (unpaired) electrons. The molecule has 1 amide bonds. The normalized spacial score (nSPS) is 15.2. The van der Waals surface area contributed by atoms with Crippen molar-refractivity contribution < 1.29 is 14.3 Å². The summed E-state index contributed by atoms with van der Waals surface area (Å²) in [5, 5.41) is 3.73. The lowest BCUT2D eigenvalue weighted by atomic mass is 9.88. The number of nitrogens with one attached hydrogen (secondary N) is 1. The van der Waals surface area contributed by atoms with E-state index >= 15 is 0 Å². The maximum absolute atomic E-state index is 13.3. The molecule has 1 N–H and O–H groups in total. The maximum Gasteiger partial charge on any atom is 0.341 e. The highest BCUT2D eigenvalue weighted by atomic mass is 32.1. The monoisotopic (exact) mass is 461 g/mol. The molecule has 33 heavy (non-hydrogen) atoms. The SMILES string of the molecule is CCCOC(=O)c1c(NC(=O)CC(c2ccccc2)c2ccccc2)sc2c1CCC(C)C2. The largest absolute Gasteiger partial charge is 0.462 e. The fourth-order valence-electron chi connectivity index (χ4n) is 4.48. The van der Waals surface area contributed by atoms with E-state index in [9.17, 15) is 9.59 Å². The Morgan fingerprint density at radius 3 is 2.30 bits per heavy atom. The maximum atomic E-state index is 13.3. The first kappa shape index (κ1) is 23.2. The molecule has 172 valence electrons. The van der Waals surface area contributed by atoms with E-state index in [0.29, 0.717) is 29.5 Å². The number of rotatable bonds is 8. The molecule has 4 nitrogen and oxygen atoms in total. The number of carbonyl (C=O) groups excluding carboxylic acids is 2. The third kappa shape index (κ3) is 5.53. The summed E-state index contributed by atoms with van der Waals surface area (Å²) in [4.78, 5) is 27.4. The number of anilines is 1. The fourth-order valence-corrected chi connectivity index (χ4v) is 5.90. The lowest BCUT2D eigenvalue weighted by Crippen LogP contribution is -2.19. The van der Waals surface area contributed by atoms with Gasteiger partial charge < -0.3 is 10.1 Å². The Morgan fingerprint density at radius 1 is 1.06 bits per heavy atom. The van der Waals surface area contributed by atoms with Gasteiger partial charge in [-0.3, -0.25) is 4.79 Å². The van der Waals surface area contributed by atoms with Gasteiger partial charge in [0, 0.05) is 17.2 Å². The van der Waals surface area contributed by atoms with Crippen LogP contribution in [0.5, 0.6) is 0 Å². The molecule has 1 unspecified atom stereocenters. The van der Waals surface area contributed by atoms with Crippen LogP contribution >= 0.6 is 11.3 Å². The Balaban J connectivity index is 1.60. The number of hydrogen-bond acceptors (Lipinski definition) is 4. The minimum Gasteiger partial charge on any atom is -0.462 e. The summed E-state index contributed by atoms with van der Waals surface area (Å²) in [5.41, 5.74) is 3.83. The molecule has 5 heteroatoms. The Kier molecular flexibility index (Phi) is 7.61. The summed E-state index contributed by atoms with van der Waals surface area (Å²) in [7, 11) is 0. The van der Waals surface area contributed by atoms with E-state index in [-0.39, 0.29) is 17.8 Å². The van der Waals surface area contributed by atoms with Crippen molar-refractivity contribution in [3.05, 3.63) is 87.8 Å². The van der Waals surface area contributed by atoms with Crippen molar-refractivity contribution in [3.8, 4) is 0 Å². The second-order valence-electron chi connectivity index (χ2n) is 8.82. The summed E-state index contributed by atoms with van der Waals surface area (Å²) in [6.45, 7) is 4.60. The Bertz CT molecular complexity index is 1050. The van der Waals surface area contributed by atoms with Crippen LogP contribution in [0.15, 0.2) is 60.7 Å². The number of hydrogen-bond donors (Lipinski definition) is 1. The van der Waals surface area contributed by atoms with Crippen molar-refractivity contribution in [1.82, 2.24) is 0 Å². The molecule has 0 spiro atoms.